The Morgan fingerprint density at radius 2 is 1.96 bits per heavy atom. The fraction of sp³-hybridized carbons (Fsp3) is 0.238. The fourth-order valence-corrected chi connectivity index (χ4v) is 2.73. The summed E-state index contributed by atoms with van der Waals surface area (Å²) in [4.78, 5) is 24.0. The van der Waals surface area contributed by atoms with E-state index in [9.17, 15) is 9.59 Å². The van der Waals surface area contributed by atoms with Gasteiger partial charge in [-0.3, -0.25) is 4.79 Å². The zero-order chi connectivity index (χ0) is 19.4. The molecule has 0 radical (unpaired) electrons. The average Bonchev–Trinajstić information content (AvgIpc) is 3.02. The van der Waals surface area contributed by atoms with Gasteiger partial charge < -0.3 is 19.2 Å². The van der Waals surface area contributed by atoms with Crippen LogP contribution in [0.2, 0.25) is 0 Å². The van der Waals surface area contributed by atoms with E-state index in [1.807, 2.05) is 37.3 Å². The lowest BCUT2D eigenvalue weighted by Crippen LogP contribution is -2.29. The molecule has 6 heteroatoms. The molecule has 0 fully saturated rings. The van der Waals surface area contributed by atoms with Crippen molar-refractivity contribution in [3.8, 4) is 5.75 Å². The number of benzene rings is 2. The number of hydrogen-bond donors (Lipinski definition) is 1. The van der Waals surface area contributed by atoms with Crippen molar-refractivity contribution in [3.63, 3.8) is 0 Å². The monoisotopic (exact) mass is 367 g/mol. The summed E-state index contributed by atoms with van der Waals surface area (Å²) in [6.07, 6.45) is 2.75. The topological polar surface area (TPSA) is 77.8 Å². The highest BCUT2D eigenvalue weighted by atomic mass is 16.5. The number of allylic oxidation sites excluding steroid dienone is 1. The molecule has 1 atom stereocenters. The standard InChI is InChI=1S/C21H21NO5/c1-4-5-10-20(23)26-13(2)21(24)22-16-12-18-15(11-19(16)25-3)14-8-6-7-9-17(14)27-18/h5-13H,4H2,1-3H3,(H,22,24)/b10-5+/t13-/m0/s1. The Bertz CT molecular complexity index is 1020. The molecule has 3 aromatic rings. The van der Waals surface area contributed by atoms with Gasteiger partial charge in [-0.15, -0.1) is 0 Å². The Morgan fingerprint density at radius 3 is 2.70 bits per heavy atom. The van der Waals surface area contributed by atoms with Gasteiger partial charge in [-0.2, -0.15) is 0 Å². The van der Waals surface area contributed by atoms with E-state index in [1.165, 1.54) is 20.1 Å². The van der Waals surface area contributed by atoms with Gasteiger partial charge in [0.2, 0.25) is 0 Å². The van der Waals surface area contributed by atoms with Crippen LogP contribution in [0, 0.1) is 0 Å². The number of methoxy groups -OCH3 is 1. The maximum atomic E-state index is 12.4. The van der Waals surface area contributed by atoms with Crippen LogP contribution in [0.4, 0.5) is 5.69 Å². The Hall–Kier alpha value is -3.28. The zero-order valence-corrected chi connectivity index (χ0v) is 15.4. The number of esters is 1. The molecular weight excluding hydrogens is 346 g/mol. The highest BCUT2D eigenvalue weighted by molar-refractivity contribution is 6.08. The van der Waals surface area contributed by atoms with Crippen molar-refractivity contribution in [1.29, 1.82) is 0 Å². The van der Waals surface area contributed by atoms with Gasteiger partial charge in [0.05, 0.1) is 12.8 Å². The first-order valence-electron chi connectivity index (χ1n) is 8.70. The van der Waals surface area contributed by atoms with E-state index in [4.69, 9.17) is 13.9 Å². The predicted octanol–water partition coefficient (Wildman–Crippen LogP) is 4.43. The highest BCUT2D eigenvalue weighted by Gasteiger charge is 2.19. The van der Waals surface area contributed by atoms with Crippen LogP contribution in [0.5, 0.6) is 5.75 Å². The Morgan fingerprint density at radius 1 is 1.19 bits per heavy atom. The molecule has 0 unspecified atom stereocenters. The molecule has 1 heterocycles. The molecule has 27 heavy (non-hydrogen) atoms. The van der Waals surface area contributed by atoms with E-state index in [-0.39, 0.29) is 0 Å². The van der Waals surface area contributed by atoms with Crippen molar-refractivity contribution in [2.45, 2.75) is 26.4 Å². The minimum atomic E-state index is -0.949. The van der Waals surface area contributed by atoms with E-state index in [0.29, 0.717) is 23.4 Å². The van der Waals surface area contributed by atoms with Gasteiger partial charge in [-0.1, -0.05) is 31.2 Å². The minimum absolute atomic E-state index is 0.445. The van der Waals surface area contributed by atoms with Gasteiger partial charge in [0, 0.05) is 22.9 Å². The van der Waals surface area contributed by atoms with Gasteiger partial charge in [-0.05, 0) is 25.5 Å². The largest absolute Gasteiger partial charge is 0.495 e. The minimum Gasteiger partial charge on any atom is -0.495 e. The van der Waals surface area contributed by atoms with E-state index in [2.05, 4.69) is 5.32 Å². The molecule has 140 valence electrons. The van der Waals surface area contributed by atoms with Crippen LogP contribution in [-0.4, -0.2) is 25.1 Å². The van der Waals surface area contributed by atoms with E-state index >= 15 is 0 Å². The highest BCUT2D eigenvalue weighted by Crippen LogP contribution is 2.36. The summed E-state index contributed by atoms with van der Waals surface area (Å²) in [7, 11) is 1.53. The van der Waals surface area contributed by atoms with Crippen LogP contribution >= 0.6 is 0 Å². The van der Waals surface area contributed by atoms with Crippen LogP contribution in [0.3, 0.4) is 0 Å². The number of hydrogen-bond acceptors (Lipinski definition) is 5. The number of carbonyl (C=O) groups excluding carboxylic acids is 2. The third kappa shape index (κ3) is 3.95. The van der Waals surface area contributed by atoms with Crippen LogP contribution in [0.15, 0.2) is 53.0 Å². The molecule has 0 aliphatic heterocycles. The number of rotatable bonds is 6. The van der Waals surface area contributed by atoms with E-state index < -0.39 is 18.0 Å². The Balaban J connectivity index is 1.85. The zero-order valence-electron chi connectivity index (χ0n) is 15.4. The van der Waals surface area contributed by atoms with Crippen molar-refractivity contribution in [1.82, 2.24) is 0 Å². The quantitative estimate of drug-likeness (QED) is 0.515. The first-order valence-corrected chi connectivity index (χ1v) is 8.70. The maximum Gasteiger partial charge on any atom is 0.331 e. The number of anilines is 1. The predicted molar refractivity (Wildman–Crippen MR) is 104 cm³/mol. The van der Waals surface area contributed by atoms with E-state index in [0.717, 1.165) is 16.4 Å². The van der Waals surface area contributed by atoms with Gasteiger partial charge in [0.1, 0.15) is 16.9 Å². The van der Waals surface area contributed by atoms with Gasteiger partial charge >= 0.3 is 5.97 Å². The average molecular weight is 367 g/mol. The summed E-state index contributed by atoms with van der Waals surface area (Å²) in [5, 5.41) is 4.59. The molecule has 1 aromatic heterocycles. The molecule has 0 saturated carbocycles. The molecular formula is C21H21NO5. The molecule has 0 aliphatic carbocycles. The molecule has 0 bridgehead atoms. The Labute approximate surface area is 156 Å². The summed E-state index contributed by atoms with van der Waals surface area (Å²) in [5.41, 5.74) is 1.83. The third-order valence-corrected chi connectivity index (χ3v) is 4.11. The van der Waals surface area contributed by atoms with Gasteiger partial charge in [0.25, 0.3) is 5.91 Å². The fourth-order valence-electron chi connectivity index (χ4n) is 2.73. The van der Waals surface area contributed by atoms with Crippen LogP contribution in [-0.2, 0) is 14.3 Å². The number of nitrogens with one attached hydrogen (secondary N) is 1. The lowest BCUT2D eigenvalue weighted by molar-refractivity contribution is -0.148. The second-order valence-electron chi connectivity index (χ2n) is 6.03. The molecule has 0 aliphatic rings. The second-order valence-corrected chi connectivity index (χ2v) is 6.03. The van der Waals surface area contributed by atoms with Gasteiger partial charge in [-0.25, -0.2) is 4.79 Å². The van der Waals surface area contributed by atoms with E-state index in [1.54, 1.807) is 12.1 Å². The molecule has 1 N–H and O–H groups in total. The number of para-hydroxylation sites is 1. The van der Waals surface area contributed by atoms with Crippen LogP contribution in [0.1, 0.15) is 20.3 Å². The summed E-state index contributed by atoms with van der Waals surface area (Å²) in [6, 6.07) is 11.2. The number of ether oxygens (including phenoxy) is 2. The SMILES string of the molecule is CC/C=C/C(=O)O[C@@H](C)C(=O)Nc1cc2oc3ccccc3c2cc1OC. The number of fused-ring (bicyclic) bond motifs is 3. The molecule has 2 aromatic carbocycles. The Kier molecular flexibility index (Phi) is 5.45. The van der Waals surface area contributed by atoms with Crippen LogP contribution < -0.4 is 10.1 Å². The molecule has 0 spiro atoms. The lowest BCUT2D eigenvalue weighted by atomic mass is 10.1. The van der Waals surface area contributed by atoms with Crippen molar-refractivity contribution >= 4 is 39.5 Å². The first kappa shape index (κ1) is 18.5. The molecule has 3 rings (SSSR count). The summed E-state index contributed by atoms with van der Waals surface area (Å²) < 4.78 is 16.3. The second kappa shape index (κ2) is 7.95. The lowest BCUT2D eigenvalue weighted by Gasteiger charge is -2.14. The normalized spacial score (nSPS) is 12.4. The summed E-state index contributed by atoms with van der Waals surface area (Å²) >= 11 is 0. The number of amides is 1. The first-order chi connectivity index (χ1) is 13.0. The third-order valence-electron chi connectivity index (χ3n) is 4.11. The number of furan rings is 1. The van der Waals surface area contributed by atoms with Crippen molar-refractivity contribution in [2.75, 3.05) is 12.4 Å². The smallest absolute Gasteiger partial charge is 0.331 e. The molecule has 6 nitrogen and oxygen atoms in total. The molecule has 0 saturated heterocycles. The molecule has 1 amide bonds. The van der Waals surface area contributed by atoms with Gasteiger partial charge in [0.15, 0.2) is 6.10 Å². The summed E-state index contributed by atoms with van der Waals surface area (Å²) in [5.74, 6) is -0.520. The summed E-state index contributed by atoms with van der Waals surface area (Å²) in [6.45, 7) is 3.42. The van der Waals surface area contributed by atoms with Crippen LogP contribution in [0.25, 0.3) is 21.9 Å². The maximum absolute atomic E-state index is 12.4. The van der Waals surface area contributed by atoms with Crippen molar-refractivity contribution < 1.29 is 23.5 Å². The van der Waals surface area contributed by atoms with Crippen molar-refractivity contribution in [2.24, 2.45) is 0 Å². The van der Waals surface area contributed by atoms with Crippen molar-refractivity contribution in [3.05, 3.63) is 48.6 Å². The number of carbonyl (C=O) groups is 2.